The summed E-state index contributed by atoms with van der Waals surface area (Å²) in [5, 5.41) is 22.6. The van der Waals surface area contributed by atoms with Gasteiger partial charge in [0, 0.05) is 24.5 Å². The highest BCUT2D eigenvalue weighted by Crippen LogP contribution is 2.53. The Hall–Kier alpha value is -2.71. The second kappa shape index (κ2) is 8.75. The highest BCUT2D eigenvalue weighted by atomic mass is 16.5. The molecule has 35 heavy (non-hydrogen) atoms. The predicted octanol–water partition coefficient (Wildman–Crippen LogP) is 2.02. The topological polar surface area (TPSA) is 135 Å². The Labute approximate surface area is 204 Å². The van der Waals surface area contributed by atoms with Crippen molar-refractivity contribution < 1.29 is 38.9 Å². The fourth-order valence-corrected chi connectivity index (χ4v) is 6.76. The molecule has 6 atom stereocenters. The number of aromatic hydroxyl groups is 1. The molecule has 2 saturated carbocycles. The van der Waals surface area contributed by atoms with E-state index in [4.69, 9.17) is 4.74 Å². The lowest BCUT2D eigenvalue weighted by molar-refractivity contribution is -0.182. The molecule has 1 aromatic rings. The minimum Gasteiger partial charge on any atom is -0.507 e. The first-order valence-corrected chi connectivity index (χ1v) is 12.2. The van der Waals surface area contributed by atoms with E-state index in [9.17, 15) is 34.2 Å². The number of carbonyl (C=O) groups is 5. The summed E-state index contributed by atoms with van der Waals surface area (Å²) in [7, 11) is 1.47. The van der Waals surface area contributed by atoms with Gasteiger partial charge in [0.25, 0.3) is 0 Å². The molecule has 6 unspecified atom stereocenters. The summed E-state index contributed by atoms with van der Waals surface area (Å²) in [6, 6.07) is 1.80. The molecule has 8 heteroatoms. The van der Waals surface area contributed by atoms with Crippen molar-refractivity contribution >= 4 is 28.9 Å². The number of phenolic OH excluding ortho intramolecular Hbond substituents is 1. The van der Waals surface area contributed by atoms with Crippen LogP contribution in [0.2, 0.25) is 0 Å². The average molecular weight is 485 g/mol. The number of Topliss-reactive ketones (excluding diaryl/α,β-unsaturated/α-hetero) is 5. The van der Waals surface area contributed by atoms with E-state index in [2.05, 4.69) is 0 Å². The van der Waals surface area contributed by atoms with Gasteiger partial charge in [-0.1, -0.05) is 20.8 Å². The average Bonchev–Trinajstić information content (AvgIpc) is 2.77. The number of ether oxygens (including phenoxy) is 1. The summed E-state index contributed by atoms with van der Waals surface area (Å²) in [6.07, 6.45) is 1.02. The van der Waals surface area contributed by atoms with Crippen LogP contribution in [0.25, 0.3) is 0 Å². The van der Waals surface area contributed by atoms with Gasteiger partial charge in [0.2, 0.25) is 0 Å². The summed E-state index contributed by atoms with van der Waals surface area (Å²) >= 11 is 0. The molecule has 0 spiro atoms. The Morgan fingerprint density at radius 3 is 2.37 bits per heavy atom. The summed E-state index contributed by atoms with van der Waals surface area (Å²) < 4.78 is 5.15. The van der Waals surface area contributed by atoms with Crippen molar-refractivity contribution in [2.45, 2.75) is 59.2 Å². The quantitative estimate of drug-likeness (QED) is 0.606. The molecule has 3 aliphatic rings. The van der Waals surface area contributed by atoms with E-state index in [0.29, 0.717) is 24.0 Å². The van der Waals surface area contributed by atoms with Gasteiger partial charge in [-0.25, -0.2) is 0 Å². The van der Waals surface area contributed by atoms with Crippen molar-refractivity contribution in [1.29, 1.82) is 0 Å². The van der Waals surface area contributed by atoms with Crippen LogP contribution >= 0.6 is 0 Å². The second-order valence-corrected chi connectivity index (χ2v) is 10.5. The molecule has 8 nitrogen and oxygen atoms in total. The lowest BCUT2D eigenvalue weighted by atomic mass is 9.49. The number of methoxy groups -OCH3 is 1. The molecule has 0 aliphatic heterocycles. The molecule has 4 rings (SSSR count). The first-order valence-electron chi connectivity index (χ1n) is 12.2. The molecule has 2 N–H and O–H groups in total. The van der Waals surface area contributed by atoms with Gasteiger partial charge in [-0.3, -0.25) is 24.0 Å². The van der Waals surface area contributed by atoms with Gasteiger partial charge in [-0.15, -0.1) is 0 Å². The van der Waals surface area contributed by atoms with Crippen LogP contribution in [-0.4, -0.2) is 51.8 Å². The van der Waals surface area contributed by atoms with E-state index < -0.39 is 64.1 Å². The third kappa shape index (κ3) is 3.44. The van der Waals surface area contributed by atoms with Crippen molar-refractivity contribution in [3.8, 4) is 5.75 Å². The fourth-order valence-electron chi connectivity index (χ4n) is 6.76. The zero-order chi connectivity index (χ0) is 26.0. The largest absolute Gasteiger partial charge is 0.507 e. The van der Waals surface area contributed by atoms with Gasteiger partial charge in [0.05, 0.1) is 18.1 Å². The maximum Gasteiger partial charge on any atom is 0.190 e. The molecule has 0 aromatic heterocycles. The summed E-state index contributed by atoms with van der Waals surface area (Å²) in [6.45, 7) is 6.63. The highest BCUT2D eigenvalue weighted by molar-refractivity contribution is 6.32. The molecule has 1 aromatic carbocycles. The Bertz CT molecular complexity index is 1150. The summed E-state index contributed by atoms with van der Waals surface area (Å²) in [4.78, 5) is 66.4. The number of rotatable bonds is 5. The zero-order valence-electron chi connectivity index (χ0n) is 20.7. The van der Waals surface area contributed by atoms with E-state index in [1.54, 1.807) is 19.9 Å². The summed E-state index contributed by atoms with van der Waals surface area (Å²) in [5.41, 5.74) is -0.620. The van der Waals surface area contributed by atoms with Gasteiger partial charge in [-0.05, 0) is 55.2 Å². The zero-order valence-corrected chi connectivity index (χ0v) is 20.7. The highest BCUT2D eigenvalue weighted by Gasteiger charge is 2.68. The molecule has 2 fully saturated rings. The van der Waals surface area contributed by atoms with Gasteiger partial charge < -0.3 is 14.9 Å². The van der Waals surface area contributed by atoms with Crippen molar-refractivity contribution in [1.82, 2.24) is 0 Å². The summed E-state index contributed by atoms with van der Waals surface area (Å²) in [5.74, 6) is -10.0. The van der Waals surface area contributed by atoms with Gasteiger partial charge in [0.15, 0.2) is 28.7 Å². The monoisotopic (exact) mass is 484 g/mol. The van der Waals surface area contributed by atoms with E-state index in [0.717, 1.165) is 12.5 Å². The maximum atomic E-state index is 13.8. The van der Waals surface area contributed by atoms with Crippen LogP contribution in [0, 0.1) is 35.5 Å². The van der Waals surface area contributed by atoms with Gasteiger partial charge >= 0.3 is 0 Å². The number of aryl methyl sites for hydroxylation is 1. The standard InChI is InChI=1S/C27H32O8/c1-6-13-7-15(10-35-5)22(29)21-16(13)8-14-9-17-18(11(2)3)23(30)19(12(4)28)25(32)27(17,34)26(33)20(14)24(21)31/h7,11,14,17-20,29,34H,6,8-10H2,1-5H3. The lowest BCUT2D eigenvalue weighted by Crippen LogP contribution is -2.70. The van der Waals surface area contributed by atoms with Gasteiger partial charge in [0.1, 0.15) is 17.5 Å². The van der Waals surface area contributed by atoms with E-state index in [1.165, 1.54) is 7.11 Å². The molecule has 0 radical (unpaired) electrons. The van der Waals surface area contributed by atoms with Gasteiger partial charge in [-0.2, -0.15) is 0 Å². The Balaban J connectivity index is 1.89. The first-order chi connectivity index (χ1) is 16.4. The molecular formula is C27H32O8. The minimum atomic E-state index is -2.60. The maximum absolute atomic E-state index is 13.8. The second-order valence-electron chi connectivity index (χ2n) is 10.5. The third-order valence-corrected chi connectivity index (χ3v) is 8.29. The molecule has 3 aliphatic carbocycles. The van der Waals surface area contributed by atoms with Crippen molar-refractivity contribution in [2.75, 3.05) is 7.11 Å². The van der Waals surface area contributed by atoms with Crippen molar-refractivity contribution in [3.05, 3.63) is 28.3 Å². The lowest BCUT2D eigenvalue weighted by Gasteiger charge is -2.52. The van der Waals surface area contributed by atoms with E-state index >= 15 is 0 Å². The number of aliphatic hydroxyl groups is 1. The van der Waals surface area contributed by atoms with Crippen LogP contribution in [0.15, 0.2) is 6.07 Å². The van der Waals surface area contributed by atoms with Crippen LogP contribution in [0.4, 0.5) is 0 Å². The van der Waals surface area contributed by atoms with Crippen LogP contribution in [-0.2, 0) is 43.4 Å². The number of carbonyl (C=O) groups excluding carboxylic acids is 5. The van der Waals surface area contributed by atoms with Crippen LogP contribution in [0.5, 0.6) is 5.75 Å². The molecule has 188 valence electrons. The third-order valence-electron chi connectivity index (χ3n) is 8.29. The van der Waals surface area contributed by atoms with Crippen LogP contribution < -0.4 is 0 Å². The molecule has 0 amide bonds. The first kappa shape index (κ1) is 25.4. The predicted molar refractivity (Wildman–Crippen MR) is 124 cm³/mol. The number of hydrogen-bond donors (Lipinski definition) is 2. The molecular weight excluding hydrogens is 452 g/mol. The van der Waals surface area contributed by atoms with Crippen LogP contribution in [0.3, 0.4) is 0 Å². The Kier molecular flexibility index (Phi) is 6.34. The number of ketones is 5. The molecule has 0 saturated heterocycles. The number of phenols is 1. The van der Waals surface area contributed by atoms with Crippen LogP contribution in [0.1, 0.15) is 61.2 Å². The van der Waals surface area contributed by atoms with Crippen molar-refractivity contribution in [3.63, 3.8) is 0 Å². The Morgan fingerprint density at radius 1 is 1.17 bits per heavy atom. The number of fused-ring (bicyclic) bond motifs is 3. The smallest absolute Gasteiger partial charge is 0.190 e. The SMILES string of the molecule is CCc1cc(COC)c(O)c2c1CC1CC3C(C(C)C)C(=O)C(C(C)=O)C(=O)C3(O)C(=O)C1C2=O. The molecule has 0 heterocycles. The Morgan fingerprint density at radius 2 is 1.83 bits per heavy atom. The van der Waals surface area contributed by atoms with E-state index in [-0.39, 0.29) is 30.3 Å². The number of hydrogen-bond acceptors (Lipinski definition) is 8. The minimum absolute atomic E-state index is 0.0379. The number of benzene rings is 1. The molecule has 0 bridgehead atoms. The fraction of sp³-hybridized carbons (Fsp3) is 0.593. The van der Waals surface area contributed by atoms with E-state index in [1.807, 2.05) is 6.92 Å². The van der Waals surface area contributed by atoms with Crippen molar-refractivity contribution in [2.24, 2.45) is 35.5 Å². The normalized spacial score (nSPS) is 32.4.